The smallest absolute Gasteiger partial charge is 0.269 e. The standard InChI is InChI=1S/C20H18N4O5/c1-28-18-11-12(21)5-10-16(18)23-20(25)19-15(22)3-2-4-17(19)29-14-8-6-13(7-9-14)24(26)27/h2-11H,21-22H2,1H3,(H,23,25). The minimum atomic E-state index is -0.511. The highest BCUT2D eigenvalue weighted by Gasteiger charge is 2.19. The van der Waals surface area contributed by atoms with Gasteiger partial charge in [0.2, 0.25) is 0 Å². The van der Waals surface area contributed by atoms with Crippen molar-refractivity contribution in [3.05, 3.63) is 76.3 Å². The van der Waals surface area contributed by atoms with Crippen molar-refractivity contribution in [1.82, 2.24) is 0 Å². The third-order valence-electron chi connectivity index (χ3n) is 4.03. The quantitative estimate of drug-likeness (QED) is 0.328. The SMILES string of the molecule is COc1cc(N)ccc1NC(=O)c1c(N)cccc1Oc1ccc([N+](=O)[O-])cc1. The molecule has 0 bridgehead atoms. The van der Waals surface area contributed by atoms with Crippen LogP contribution in [-0.4, -0.2) is 17.9 Å². The summed E-state index contributed by atoms with van der Waals surface area (Å²) in [5, 5.41) is 13.5. The number of carbonyl (C=O) groups excluding carboxylic acids is 1. The van der Waals surface area contributed by atoms with E-state index in [4.69, 9.17) is 20.9 Å². The number of nitrogens with two attached hydrogens (primary N) is 2. The third-order valence-corrected chi connectivity index (χ3v) is 4.03. The molecule has 3 aromatic carbocycles. The van der Waals surface area contributed by atoms with Gasteiger partial charge >= 0.3 is 0 Å². The Kier molecular flexibility index (Phi) is 5.49. The van der Waals surface area contributed by atoms with Crippen LogP contribution >= 0.6 is 0 Å². The summed E-state index contributed by atoms with van der Waals surface area (Å²) in [6.07, 6.45) is 0. The summed E-state index contributed by atoms with van der Waals surface area (Å²) >= 11 is 0. The minimum Gasteiger partial charge on any atom is -0.494 e. The third kappa shape index (κ3) is 4.35. The number of nitrogens with one attached hydrogen (secondary N) is 1. The van der Waals surface area contributed by atoms with Crippen LogP contribution in [0.25, 0.3) is 0 Å². The van der Waals surface area contributed by atoms with E-state index in [9.17, 15) is 14.9 Å². The van der Waals surface area contributed by atoms with E-state index in [1.54, 1.807) is 36.4 Å². The number of nitro benzene ring substituents is 1. The van der Waals surface area contributed by atoms with Crippen LogP contribution in [0.1, 0.15) is 10.4 Å². The lowest BCUT2D eigenvalue weighted by atomic mass is 10.1. The first kappa shape index (κ1) is 19.5. The molecule has 0 saturated carbocycles. The first-order chi connectivity index (χ1) is 13.9. The van der Waals surface area contributed by atoms with E-state index in [0.29, 0.717) is 22.9 Å². The molecule has 0 spiro atoms. The lowest BCUT2D eigenvalue weighted by Crippen LogP contribution is -2.16. The summed E-state index contributed by atoms with van der Waals surface area (Å²) in [4.78, 5) is 23.2. The fourth-order valence-electron chi connectivity index (χ4n) is 2.63. The number of anilines is 3. The zero-order valence-corrected chi connectivity index (χ0v) is 15.4. The highest BCUT2D eigenvalue weighted by Crippen LogP contribution is 2.32. The van der Waals surface area contributed by atoms with Crippen LogP contribution in [0.3, 0.4) is 0 Å². The number of benzene rings is 3. The predicted molar refractivity (Wildman–Crippen MR) is 109 cm³/mol. The van der Waals surface area contributed by atoms with Gasteiger partial charge in [0.15, 0.2) is 0 Å². The Morgan fingerprint density at radius 3 is 2.41 bits per heavy atom. The maximum Gasteiger partial charge on any atom is 0.269 e. The zero-order chi connectivity index (χ0) is 21.0. The van der Waals surface area contributed by atoms with Crippen molar-refractivity contribution in [3.63, 3.8) is 0 Å². The van der Waals surface area contributed by atoms with E-state index in [2.05, 4.69) is 5.32 Å². The van der Waals surface area contributed by atoms with E-state index in [-0.39, 0.29) is 22.7 Å². The number of hydrogen-bond acceptors (Lipinski definition) is 7. The summed E-state index contributed by atoms with van der Waals surface area (Å²) < 4.78 is 11.0. The molecule has 3 aromatic rings. The maximum absolute atomic E-state index is 12.9. The number of hydrogen-bond donors (Lipinski definition) is 3. The van der Waals surface area contributed by atoms with E-state index < -0.39 is 10.8 Å². The van der Waals surface area contributed by atoms with Gasteiger partial charge in [0, 0.05) is 29.6 Å². The van der Waals surface area contributed by atoms with Crippen LogP contribution in [0, 0.1) is 10.1 Å². The first-order valence-electron chi connectivity index (χ1n) is 8.44. The van der Waals surface area contributed by atoms with Gasteiger partial charge in [-0.25, -0.2) is 0 Å². The molecule has 5 N–H and O–H groups in total. The Balaban J connectivity index is 1.90. The van der Waals surface area contributed by atoms with Gasteiger partial charge in [-0.15, -0.1) is 0 Å². The Hall–Kier alpha value is -4.27. The lowest BCUT2D eigenvalue weighted by molar-refractivity contribution is -0.384. The second kappa shape index (κ2) is 8.17. The van der Waals surface area contributed by atoms with Crippen molar-refractivity contribution >= 4 is 28.7 Å². The number of ether oxygens (including phenoxy) is 2. The normalized spacial score (nSPS) is 10.2. The van der Waals surface area contributed by atoms with Gasteiger partial charge in [-0.05, 0) is 36.4 Å². The largest absolute Gasteiger partial charge is 0.494 e. The molecule has 148 valence electrons. The van der Waals surface area contributed by atoms with Crippen LogP contribution in [-0.2, 0) is 0 Å². The highest BCUT2D eigenvalue weighted by atomic mass is 16.6. The van der Waals surface area contributed by atoms with Gasteiger partial charge in [-0.1, -0.05) is 6.07 Å². The van der Waals surface area contributed by atoms with Gasteiger partial charge < -0.3 is 26.3 Å². The number of nitro groups is 1. The van der Waals surface area contributed by atoms with Crippen molar-refractivity contribution in [1.29, 1.82) is 0 Å². The molecular formula is C20H18N4O5. The molecule has 0 aliphatic heterocycles. The molecule has 0 aromatic heterocycles. The van der Waals surface area contributed by atoms with Gasteiger partial charge in [0.05, 0.1) is 17.7 Å². The number of carbonyl (C=O) groups is 1. The molecule has 0 atom stereocenters. The fourth-order valence-corrected chi connectivity index (χ4v) is 2.63. The van der Waals surface area contributed by atoms with Gasteiger partial charge in [0.25, 0.3) is 11.6 Å². The van der Waals surface area contributed by atoms with Gasteiger partial charge in [0.1, 0.15) is 22.8 Å². The average molecular weight is 394 g/mol. The average Bonchev–Trinajstić information content (AvgIpc) is 2.69. The topological polar surface area (TPSA) is 143 Å². The predicted octanol–water partition coefficient (Wildman–Crippen LogP) is 3.81. The lowest BCUT2D eigenvalue weighted by Gasteiger charge is -2.15. The molecule has 0 aliphatic carbocycles. The van der Waals surface area contributed by atoms with Crippen molar-refractivity contribution in [2.45, 2.75) is 0 Å². The molecule has 3 rings (SSSR count). The molecule has 0 aliphatic rings. The molecule has 1 amide bonds. The summed E-state index contributed by atoms with van der Waals surface area (Å²) in [5.41, 5.74) is 12.9. The molecule has 9 nitrogen and oxygen atoms in total. The number of amides is 1. The molecular weight excluding hydrogens is 376 g/mol. The van der Waals surface area contributed by atoms with Crippen molar-refractivity contribution < 1.29 is 19.2 Å². The van der Waals surface area contributed by atoms with Crippen LogP contribution in [0.5, 0.6) is 17.2 Å². The molecule has 0 radical (unpaired) electrons. The molecule has 0 unspecified atom stereocenters. The van der Waals surface area contributed by atoms with Crippen LogP contribution in [0.2, 0.25) is 0 Å². The summed E-state index contributed by atoms with van der Waals surface area (Å²) in [6, 6.07) is 15.1. The summed E-state index contributed by atoms with van der Waals surface area (Å²) in [6.45, 7) is 0. The maximum atomic E-state index is 12.9. The number of methoxy groups -OCH3 is 1. The van der Waals surface area contributed by atoms with E-state index >= 15 is 0 Å². The van der Waals surface area contributed by atoms with Crippen LogP contribution < -0.4 is 26.3 Å². The molecule has 0 saturated heterocycles. The first-order valence-corrected chi connectivity index (χ1v) is 8.44. The Morgan fingerprint density at radius 1 is 1.03 bits per heavy atom. The molecule has 9 heteroatoms. The van der Waals surface area contributed by atoms with Crippen LogP contribution in [0.15, 0.2) is 60.7 Å². The summed E-state index contributed by atoms with van der Waals surface area (Å²) in [5.74, 6) is 0.403. The van der Waals surface area contributed by atoms with Gasteiger partial charge in [-0.3, -0.25) is 14.9 Å². The second-order valence-corrected chi connectivity index (χ2v) is 5.99. The van der Waals surface area contributed by atoms with E-state index in [1.165, 1.54) is 31.4 Å². The monoisotopic (exact) mass is 394 g/mol. The van der Waals surface area contributed by atoms with Crippen LogP contribution in [0.4, 0.5) is 22.7 Å². The van der Waals surface area contributed by atoms with Crippen molar-refractivity contribution in [2.75, 3.05) is 23.9 Å². The number of nitrogen functional groups attached to an aromatic ring is 2. The number of nitrogens with zero attached hydrogens (tertiary/aromatic N) is 1. The Labute approximate surface area is 166 Å². The number of non-ortho nitro benzene ring substituents is 1. The highest BCUT2D eigenvalue weighted by molar-refractivity contribution is 6.10. The Morgan fingerprint density at radius 2 is 1.76 bits per heavy atom. The van der Waals surface area contributed by atoms with E-state index in [1.807, 2.05) is 0 Å². The van der Waals surface area contributed by atoms with Gasteiger partial charge in [-0.2, -0.15) is 0 Å². The molecule has 0 fully saturated rings. The Bertz CT molecular complexity index is 1070. The minimum absolute atomic E-state index is 0.0710. The van der Waals surface area contributed by atoms with Crippen molar-refractivity contribution in [2.24, 2.45) is 0 Å². The number of rotatable bonds is 6. The van der Waals surface area contributed by atoms with Crippen molar-refractivity contribution in [3.8, 4) is 17.2 Å². The van der Waals surface area contributed by atoms with E-state index in [0.717, 1.165) is 0 Å². The molecule has 0 heterocycles. The summed E-state index contributed by atoms with van der Waals surface area (Å²) in [7, 11) is 1.46. The fraction of sp³-hybridized carbons (Fsp3) is 0.0500. The molecule has 29 heavy (non-hydrogen) atoms. The second-order valence-electron chi connectivity index (χ2n) is 5.99. The zero-order valence-electron chi connectivity index (χ0n) is 15.4.